The summed E-state index contributed by atoms with van der Waals surface area (Å²) in [6.07, 6.45) is 1.05. The number of piperidine rings is 1. The lowest BCUT2D eigenvalue weighted by molar-refractivity contribution is -0.123. The number of carbonyl (C=O) groups is 2. The zero-order chi connectivity index (χ0) is 23.8. The summed E-state index contributed by atoms with van der Waals surface area (Å²) in [6.45, 7) is 5.94. The second-order valence-electron chi connectivity index (χ2n) is 8.68. The Morgan fingerprint density at radius 3 is 2.76 bits per heavy atom. The highest BCUT2D eigenvalue weighted by atomic mass is 32.2. The van der Waals surface area contributed by atoms with E-state index in [1.54, 1.807) is 13.0 Å². The molecule has 0 saturated carbocycles. The first-order valence-electron chi connectivity index (χ1n) is 11.2. The number of rotatable bonds is 5. The second kappa shape index (κ2) is 9.15. The van der Waals surface area contributed by atoms with Gasteiger partial charge in [-0.15, -0.1) is 0 Å². The van der Waals surface area contributed by atoms with E-state index in [9.17, 15) is 18.0 Å². The quantitative estimate of drug-likeness (QED) is 0.695. The Morgan fingerprint density at radius 2 is 2.03 bits per heavy atom. The van der Waals surface area contributed by atoms with Crippen molar-refractivity contribution in [3.63, 3.8) is 0 Å². The van der Waals surface area contributed by atoms with Crippen molar-refractivity contribution >= 4 is 33.2 Å². The van der Waals surface area contributed by atoms with Crippen LogP contribution in [0.5, 0.6) is 5.75 Å². The van der Waals surface area contributed by atoms with Crippen LogP contribution in [0, 0.1) is 19.8 Å². The number of sulfonamides is 1. The Hall–Kier alpha value is -2.91. The van der Waals surface area contributed by atoms with Crippen LogP contribution in [0.25, 0.3) is 0 Å². The fourth-order valence-electron chi connectivity index (χ4n) is 4.31. The number of hydrogen-bond acceptors (Lipinski definition) is 5. The largest absolute Gasteiger partial charge is 0.478 e. The highest BCUT2D eigenvalue weighted by Crippen LogP contribution is 2.36. The standard InChI is InChI=1S/C24H29N3O5S/c1-4-20-24(29)26-19-12-16(3)22(13-21(19)32-20)33(30,31)27-10-6-8-17(14-27)23(28)25-18-9-5-7-15(2)11-18/h5,7,9,11-13,17,20H,4,6,8,10,14H2,1-3H3,(H,25,28)(H,26,29)/t17-,20+/m0/s1. The highest BCUT2D eigenvalue weighted by Gasteiger charge is 2.36. The van der Waals surface area contributed by atoms with Gasteiger partial charge in [-0.1, -0.05) is 19.1 Å². The van der Waals surface area contributed by atoms with Gasteiger partial charge in [0.05, 0.1) is 16.5 Å². The fourth-order valence-corrected chi connectivity index (χ4v) is 6.06. The van der Waals surface area contributed by atoms with E-state index in [0.29, 0.717) is 48.5 Å². The van der Waals surface area contributed by atoms with E-state index >= 15 is 0 Å². The molecule has 2 N–H and O–H groups in total. The number of aryl methyl sites for hydroxylation is 2. The number of ether oxygens (including phenoxy) is 1. The summed E-state index contributed by atoms with van der Waals surface area (Å²) in [6, 6.07) is 10.6. The van der Waals surface area contributed by atoms with E-state index in [1.807, 2.05) is 38.1 Å². The molecule has 0 bridgehead atoms. The molecule has 9 heteroatoms. The minimum absolute atomic E-state index is 0.117. The van der Waals surface area contributed by atoms with Gasteiger partial charge < -0.3 is 15.4 Å². The Morgan fingerprint density at radius 1 is 1.24 bits per heavy atom. The van der Waals surface area contributed by atoms with E-state index in [1.165, 1.54) is 10.4 Å². The minimum atomic E-state index is -3.85. The van der Waals surface area contributed by atoms with Gasteiger partial charge in [-0.3, -0.25) is 9.59 Å². The summed E-state index contributed by atoms with van der Waals surface area (Å²) < 4.78 is 34.2. The Kier molecular flexibility index (Phi) is 6.45. The molecule has 2 aromatic carbocycles. The maximum absolute atomic E-state index is 13.5. The van der Waals surface area contributed by atoms with Crippen LogP contribution in [0.2, 0.25) is 0 Å². The van der Waals surface area contributed by atoms with Gasteiger partial charge in [-0.2, -0.15) is 4.31 Å². The third kappa shape index (κ3) is 4.74. The number of amides is 2. The SMILES string of the molecule is CC[C@H]1Oc2cc(S(=O)(=O)N3CCC[C@H](C(=O)Nc4cccc(C)c4)C3)c(C)cc2NC1=O. The molecule has 176 valence electrons. The smallest absolute Gasteiger partial charge is 0.265 e. The maximum Gasteiger partial charge on any atom is 0.265 e. The summed E-state index contributed by atoms with van der Waals surface area (Å²) >= 11 is 0. The van der Waals surface area contributed by atoms with Gasteiger partial charge in [0.2, 0.25) is 15.9 Å². The number of carbonyl (C=O) groups excluding carboxylic acids is 2. The fraction of sp³-hybridized carbons (Fsp3) is 0.417. The molecular weight excluding hydrogens is 442 g/mol. The molecule has 1 fully saturated rings. The zero-order valence-electron chi connectivity index (χ0n) is 19.1. The Bertz CT molecular complexity index is 1190. The molecule has 0 unspecified atom stereocenters. The van der Waals surface area contributed by atoms with E-state index in [4.69, 9.17) is 4.74 Å². The molecule has 0 spiro atoms. The second-order valence-corrected chi connectivity index (χ2v) is 10.6. The van der Waals surface area contributed by atoms with Crippen molar-refractivity contribution < 1.29 is 22.7 Å². The van der Waals surface area contributed by atoms with Crippen molar-refractivity contribution in [1.29, 1.82) is 0 Å². The van der Waals surface area contributed by atoms with Crippen molar-refractivity contribution in [2.24, 2.45) is 5.92 Å². The zero-order valence-corrected chi connectivity index (χ0v) is 19.9. The lowest BCUT2D eigenvalue weighted by Crippen LogP contribution is -2.44. The average molecular weight is 472 g/mol. The molecule has 2 aliphatic rings. The Labute approximate surface area is 194 Å². The van der Waals surface area contributed by atoms with Crippen LogP contribution >= 0.6 is 0 Å². The van der Waals surface area contributed by atoms with Crippen molar-refractivity contribution in [1.82, 2.24) is 4.31 Å². The molecule has 1 saturated heterocycles. The van der Waals surface area contributed by atoms with Crippen LogP contribution in [-0.2, 0) is 19.6 Å². The molecule has 2 atom stereocenters. The van der Waals surface area contributed by atoms with Crippen molar-refractivity contribution in [3.05, 3.63) is 47.5 Å². The van der Waals surface area contributed by atoms with Crippen LogP contribution < -0.4 is 15.4 Å². The van der Waals surface area contributed by atoms with Gasteiger partial charge in [0.15, 0.2) is 6.10 Å². The molecular formula is C24H29N3O5S. The number of hydrogen-bond donors (Lipinski definition) is 2. The molecule has 0 radical (unpaired) electrons. The lowest BCUT2D eigenvalue weighted by atomic mass is 9.98. The molecule has 2 amide bonds. The third-order valence-electron chi connectivity index (χ3n) is 6.13. The maximum atomic E-state index is 13.5. The van der Waals surface area contributed by atoms with Crippen LogP contribution in [0.1, 0.15) is 37.3 Å². The van der Waals surface area contributed by atoms with Crippen molar-refractivity contribution in [2.75, 3.05) is 23.7 Å². The third-order valence-corrected chi connectivity index (χ3v) is 8.13. The molecule has 2 heterocycles. The number of anilines is 2. The van der Waals surface area contributed by atoms with E-state index in [-0.39, 0.29) is 23.3 Å². The summed E-state index contributed by atoms with van der Waals surface area (Å²) in [5.41, 5.74) is 2.72. The van der Waals surface area contributed by atoms with Gasteiger partial charge in [0, 0.05) is 24.8 Å². The first-order chi connectivity index (χ1) is 15.7. The van der Waals surface area contributed by atoms with Gasteiger partial charge in [-0.25, -0.2) is 8.42 Å². The number of nitrogens with zero attached hydrogens (tertiary/aromatic N) is 1. The van der Waals surface area contributed by atoms with Gasteiger partial charge in [0.25, 0.3) is 5.91 Å². The Balaban J connectivity index is 1.55. The van der Waals surface area contributed by atoms with E-state index in [0.717, 1.165) is 5.56 Å². The van der Waals surface area contributed by atoms with Crippen LogP contribution in [0.4, 0.5) is 11.4 Å². The van der Waals surface area contributed by atoms with Crippen LogP contribution in [-0.4, -0.2) is 43.7 Å². The van der Waals surface area contributed by atoms with Crippen LogP contribution in [0.15, 0.2) is 41.3 Å². The van der Waals surface area contributed by atoms with Crippen molar-refractivity contribution in [3.8, 4) is 5.75 Å². The summed E-state index contributed by atoms with van der Waals surface area (Å²) in [5.74, 6) is -0.513. The summed E-state index contributed by atoms with van der Waals surface area (Å²) in [5, 5.41) is 5.70. The predicted octanol–water partition coefficient (Wildman–Crippen LogP) is 3.45. The first-order valence-corrected chi connectivity index (χ1v) is 12.6. The average Bonchev–Trinajstić information content (AvgIpc) is 2.78. The first kappa shape index (κ1) is 23.3. The molecule has 8 nitrogen and oxygen atoms in total. The molecule has 2 aromatic rings. The normalized spacial score (nSPS) is 21.0. The summed E-state index contributed by atoms with van der Waals surface area (Å²) in [7, 11) is -3.85. The summed E-state index contributed by atoms with van der Waals surface area (Å²) in [4.78, 5) is 25.1. The number of benzene rings is 2. The van der Waals surface area contributed by atoms with Gasteiger partial charge in [0.1, 0.15) is 5.75 Å². The topological polar surface area (TPSA) is 105 Å². The number of fused-ring (bicyclic) bond motifs is 1. The molecule has 33 heavy (non-hydrogen) atoms. The molecule has 0 aliphatic carbocycles. The number of nitrogens with one attached hydrogen (secondary N) is 2. The predicted molar refractivity (Wildman–Crippen MR) is 126 cm³/mol. The lowest BCUT2D eigenvalue weighted by Gasteiger charge is -2.32. The molecule has 2 aliphatic heterocycles. The van der Waals surface area contributed by atoms with E-state index < -0.39 is 22.0 Å². The van der Waals surface area contributed by atoms with Gasteiger partial charge >= 0.3 is 0 Å². The molecule has 4 rings (SSSR count). The van der Waals surface area contributed by atoms with Crippen molar-refractivity contribution in [2.45, 2.75) is 51.0 Å². The minimum Gasteiger partial charge on any atom is -0.478 e. The monoisotopic (exact) mass is 471 g/mol. The van der Waals surface area contributed by atoms with Crippen LogP contribution in [0.3, 0.4) is 0 Å². The highest BCUT2D eigenvalue weighted by molar-refractivity contribution is 7.89. The van der Waals surface area contributed by atoms with Gasteiger partial charge in [-0.05, 0) is 62.4 Å². The molecule has 0 aromatic heterocycles. The van der Waals surface area contributed by atoms with E-state index in [2.05, 4.69) is 10.6 Å².